The van der Waals surface area contributed by atoms with Gasteiger partial charge in [0.15, 0.2) is 0 Å². The van der Waals surface area contributed by atoms with Crippen LogP contribution in [-0.4, -0.2) is 16.0 Å². The third-order valence-corrected chi connectivity index (χ3v) is 4.84. The summed E-state index contributed by atoms with van der Waals surface area (Å²) < 4.78 is 0. The average molecular weight is 261 g/mol. The van der Waals surface area contributed by atoms with Crippen LogP contribution in [0.1, 0.15) is 33.1 Å². The Kier molecular flexibility index (Phi) is 3.20. The number of anilines is 1. The molecule has 0 saturated heterocycles. The Morgan fingerprint density at radius 1 is 1.28 bits per heavy atom. The van der Waals surface area contributed by atoms with Crippen molar-refractivity contribution in [3.05, 3.63) is 17.8 Å². The topological polar surface area (TPSA) is 37.8 Å². The maximum absolute atomic E-state index is 4.41. The molecule has 1 saturated carbocycles. The number of thiophene rings is 1. The summed E-state index contributed by atoms with van der Waals surface area (Å²) in [6, 6.07) is 2.66. The molecule has 96 valence electrons. The molecule has 1 N–H and O–H groups in total. The SMILES string of the molecule is CC1CCC(Nc2ncnc3sccc23)C(C)C1. The molecule has 0 amide bonds. The van der Waals surface area contributed by atoms with Crippen molar-refractivity contribution < 1.29 is 0 Å². The number of rotatable bonds is 2. The van der Waals surface area contributed by atoms with Gasteiger partial charge in [-0.05, 0) is 42.5 Å². The number of fused-ring (bicyclic) bond motifs is 1. The van der Waals surface area contributed by atoms with Crippen LogP contribution in [0.4, 0.5) is 5.82 Å². The van der Waals surface area contributed by atoms with Crippen LogP contribution in [0.15, 0.2) is 17.8 Å². The molecular weight excluding hydrogens is 242 g/mol. The van der Waals surface area contributed by atoms with Crippen LogP contribution in [0, 0.1) is 11.8 Å². The van der Waals surface area contributed by atoms with E-state index in [1.165, 1.54) is 19.3 Å². The van der Waals surface area contributed by atoms with Crippen molar-refractivity contribution in [2.24, 2.45) is 11.8 Å². The fraction of sp³-hybridized carbons (Fsp3) is 0.571. The van der Waals surface area contributed by atoms with Gasteiger partial charge in [0.2, 0.25) is 0 Å². The van der Waals surface area contributed by atoms with Gasteiger partial charge in [-0.25, -0.2) is 9.97 Å². The molecule has 2 heterocycles. The van der Waals surface area contributed by atoms with Gasteiger partial charge in [0, 0.05) is 6.04 Å². The van der Waals surface area contributed by atoms with Crippen molar-refractivity contribution >= 4 is 27.4 Å². The van der Waals surface area contributed by atoms with Gasteiger partial charge >= 0.3 is 0 Å². The summed E-state index contributed by atoms with van der Waals surface area (Å²) in [6.07, 6.45) is 5.55. The van der Waals surface area contributed by atoms with Crippen molar-refractivity contribution in [3.8, 4) is 0 Å². The summed E-state index contributed by atoms with van der Waals surface area (Å²) in [5, 5.41) is 6.88. The molecule has 1 aliphatic rings. The molecule has 2 aromatic heterocycles. The zero-order valence-corrected chi connectivity index (χ0v) is 11.7. The smallest absolute Gasteiger partial charge is 0.138 e. The van der Waals surface area contributed by atoms with Crippen LogP contribution in [0.2, 0.25) is 0 Å². The average Bonchev–Trinajstić information content (AvgIpc) is 2.82. The van der Waals surface area contributed by atoms with Crippen molar-refractivity contribution in [2.45, 2.75) is 39.2 Å². The molecule has 18 heavy (non-hydrogen) atoms. The van der Waals surface area contributed by atoms with Gasteiger partial charge < -0.3 is 5.32 Å². The van der Waals surface area contributed by atoms with E-state index in [0.717, 1.165) is 27.9 Å². The lowest BCUT2D eigenvalue weighted by Gasteiger charge is -2.33. The van der Waals surface area contributed by atoms with Crippen LogP contribution >= 0.6 is 11.3 Å². The molecule has 3 unspecified atom stereocenters. The van der Waals surface area contributed by atoms with Gasteiger partial charge in [-0.15, -0.1) is 11.3 Å². The van der Waals surface area contributed by atoms with Crippen LogP contribution in [0.3, 0.4) is 0 Å². The van der Waals surface area contributed by atoms with Gasteiger partial charge in [-0.3, -0.25) is 0 Å². The monoisotopic (exact) mass is 261 g/mol. The van der Waals surface area contributed by atoms with Gasteiger partial charge in [-0.2, -0.15) is 0 Å². The minimum atomic E-state index is 0.555. The van der Waals surface area contributed by atoms with E-state index in [2.05, 4.69) is 40.6 Å². The highest BCUT2D eigenvalue weighted by Crippen LogP contribution is 2.32. The van der Waals surface area contributed by atoms with Crippen LogP contribution < -0.4 is 5.32 Å². The molecule has 1 fully saturated rings. The molecule has 0 bridgehead atoms. The zero-order chi connectivity index (χ0) is 12.5. The lowest BCUT2D eigenvalue weighted by atomic mass is 9.80. The molecular formula is C14H19N3S. The Morgan fingerprint density at radius 3 is 3.00 bits per heavy atom. The van der Waals surface area contributed by atoms with Crippen molar-refractivity contribution in [1.29, 1.82) is 0 Å². The van der Waals surface area contributed by atoms with Crippen LogP contribution in [0.25, 0.3) is 10.2 Å². The predicted molar refractivity (Wildman–Crippen MR) is 77.0 cm³/mol. The van der Waals surface area contributed by atoms with Crippen molar-refractivity contribution in [1.82, 2.24) is 9.97 Å². The molecule has 4 heteroatoms. The Labute approximate surface area is 112 Å². The third-order valence-electron chi connectivity index (χ3n) is 4.02. The Morgan fingerprint density at radius 2 is 2.17 bits per heavy atom. The van der Waals surface area contributed by atoms with Gasteiger partial charge in [0.25, 0.3) is 0 Å². The number of aromatic nitrogens is 2. The summed E-state index contributed by atoms with van der Waals surface area (Å²) in [5.41, 5.74) is 0. The van der Waals surface area contributed by atoms with Crippen LogP contribution in [-0.2, 0) is 0 Å². The molecule has 1 aliphatic carbocycles. The fourth-order valence-electron chi connectivity index (χ4n) is 2.96. The van der Waals surface area contributed by atoms with Gasteiger partial charge in [-0.1, -0.05) is 13.8 Å². The molecule has 2 aromatic rings. The molecule has 0 aliphatic heterocycles. The highest BCUT2D eigenvalue weighted by molar-refractivity contribution is 7.16. The largest absolute Gasteiger partial charge is 0.366 e. The summed E-state index contributed by atoms with van der Waals surface area (Å²) in [4.78, 5) is 9.78. The van der Waals surface area contributed by atoms with Crippen LogP contribution in [0.5, 0.6) is 0 Å². The molecule has 0 radical (unpaired) electrons. The number of hydrogen-bond acceptors (Lipinski definition) is 4. The van der Waals surface area contributed by atoms with Crippen molar-refractivity contribution in [2.75, 3.05) is 5.32 Å². The minimum absolute atomic E-state index is 0.555. The zero-order valence-electron chi connectivity index (χ0n) is 10.9. The lowest BCUT2D eigenvalue weighted by Crippen LogP contribution is -2.33. The highest BCUT2D eigenvalue weighted by atomic mass is 32.1. The van der Waals surface area contributed by atoms with Gasteiger partial charge in [0.05, 0.1) is 5.39 Å². The first kappa shape index (κ1) is 11.9. The van der Waals surface area contributed by atoms with E-state index in [9.17, 15) is 0 Å². The first-order chi connectivity index (χ1) is 8.74. The number of nitrogens with one attached hydrogen (secondary N) is 1. The van der Waals surface area contributed by atoms with E-state index in [4.69, 9.17) is 0 Å². The van der Waals surface area contributed by atoms with E-state index < -0.39 is 0 Å². The molecule has 3 nitrogen and oxygen atoms in total. The fourth-order valence-corrected chi connectivity index (χ4v) is 3.69. The lowest BCUT2D eigenvalue weighted by molar-refractivity contribution is 0.276. The van der Waals surface area contributed by atoms with E-state index in [1.54, 1.807) is 17.7 Å². The maximum atomic E-state index is 4.41. The number of hydrogen-bond donors (Lipinski definition) is 1. The van der Waals surface area contributed by atoms with E-state index in [-0.39, 0.29) is 0 Å². The summed E-state index contributed by atoms with van der Waals surface area (Å²) in [6.45, 7) is 4.70. The third kappa shape index (κ3) is 2.21. The molecule has 0 spiro atoms. The maximum Gasteiger partial charge on any atom is 0.138 e. The summed E-state index contributed by atoms with van der Waals surface area (Å²) >= 11 is 1.67. The second-order valence-corrected chi connectivity index (χ2v) is 6.40. The van der Waals surface area contributed by atoms with Crippen molar-refractivity contribution in [3.63, 3.8) is 0 Å². The second kappa shape index (κ2) is 4.84. The minimum Gasteiger partial charge on any atom is -0.366 e. The molecule has 3 rings (SSSR count). The first-order valence-corrected chi connectivity index (χ1v) is 7.56. The summed E-state index contributed by atoms with van der Waals surface area (Å²) in [7, 11) is 0. The van der Waals surface area contributed by atoms with E-state index in [0.29, 0.717) is 6.04 Å². The Bertz CT molecular complexity index is 537. The van der Waals surface area contributed by atoms with Gasteiger partial charge in [0.1, 0.15) is 17.0 Å². The summed E-state index contributed by atoms with van der Waals surface area (Å²) in [5.74, 6) is 2.59. The molecule has 3 atom stereocenters. The van der Waals surface area contributed by atoms with E-state index >= 15 is 0 Å². The highest BCUT2D eigenvalue weighted by Gasteiger charge is 2.25. The molecule has 0 aromatic carbocycles. The quantitative estimate of drug-likeness (QED) is 0.890. The first-order valence-electron chi connectivity index (χ1n) is 6.69. The van der Waals surface area contributed by atoms with E-state index in [1.807, 2.05) is 0 Å². The normalized spacial score (nSPS) is 28.4. The Hall–Kier alpha value is -1.16. The predicted octanol–water partition coefficient (Wildman–Crippen LogP) is 3.93. The Balaban J connectivity index is 1.82. The standard InChI is InChI=1S/C14H19N3S/c1-9-3-4-12(10(2)7-9)17-13-11-5-6-18-14(11)16-8-15-13/h5-6,8-10,12H,3-4,7H2,1-2H3,(H,15,16,17). The second-order valence-electron chi connectivity index (χ2n) is 5.51. The number of nitrogens with zero attached hydrogens (tertiary/aromatic N) is 2.